The van der Waals surface area contributed by atoms with Crippen LogP contribution in [0.3, 0.4) is 0 Å². The summed E-state index contributed by atoms with van der Waals surface area (Å²) in [6.45, 7) is 5.52. The van der Waals surface area contributed by atoms with Gasteiger partial charge in [0, 0.05) is 25.4 Å². The average molecular weight is 286 g/mol. The number of methoxy groups -OCH3 is 1. The molecule has 2 rings (SSSR count). The molecule has 2 N–H and O–H groups in total. The molecule has 0 saturated carbocycles. The summed E-state index contributed by atoms with van der Waals surface area (Å²) >= 11 is 0. The Morgan fingerprint density at radius 1 is 1.14 bits per heavy atom. The summed E-state index contributed by atoms with van der Waals surface area (Å²) in [5, 5.41) is 6.60. The van der Waals surface area contributed by atoms with Crippen molar-refractivity contribution in [2.75, 3.05) is 24.3 Å². The van der Waals surface area contributed by atoms with Crippen molar-refractivity contribution in [2.45, 2.75) is 26.9 Å². The van der Waals surface area contributed by atoms with Crippen molar-refractivity contribution in [1.29, 1.82) is 0 Å². The van der Waals surface area contributed by atoms with Crippen LogP contribution in [0.25, 0.3) is 0 Å². The monoisotopic (exact) mass is 286 g/mol. The molecule has 0 spiro atoms. The number of benzene rings is 1. The zero-order chi connectivity index (χ0) is 15.1. The maximum Gasteiger partial charge on any atom is 0.136 e. The van der Waals surface area contributed by atoms with E-state index in [0.717, 1.165) is 41.7 Å². The van der Waals surface area contributed by atoms with E-state index in [1.165, 1.54) is 0 Å². The smallest absolute Gasteiger partial charge is 0.136 e. The lowest BCUT2D eigenvalue weighted by atomic mass is 10.2. The fourth-order valence-corrected chi connectivity index (χ4v) is 2.03. The number of nitrogens with one attached hydrogen (secondary N) is 2. The Bertz CT molecular complexity index is 586. The minimum atomic E-state index is 0.599. The molecule has 0 aliphatic rings. The Morgan fingerprint density at radius 2 is 1.95 bits per heavy atom. The Hall–Kier alpha value is -2.14. The number of anilines is 3. The third-order valence-electron chi connectivity index (χ3n) is 2.90. The molecule has 21 heavy (non-hydrogen) atoms. The predicted molar refractivity (Wildman–Crippen MR) is 86.0 cm³/mol. The average Bonchev–Trinajstić information content (AvgIpc) is 2.45. The number of hydrogen-bond donors (Lipinski definition) is 2. The molecular weight excluding hydrogens is 264 g/mol. The molecule has 112 valence electrons. The third-order valence-corrected chi connectivity index (χ3v) is 2.90. The summed E-state index contributed by atoms with van der Waals surface area (Å²) in [6.07, 6.45) is 1.06. The fraction of sp³-hybridized carbons (Fsp3) is 0.375. The molecule has 0 saturated heterocycles. The van der Waals surface area contributed by atoms with E-state index in [1.807, 2.05) is 31.2 Å². The lowest BCUT2D eigenvalue weighted by Crippen LogP contribution is -2.05. The molecule has 2 aromatic rings. The molecule has 0 amide bonds. The van der Waals surface area contributed by atoms with Gasteiger partial charge in [-0.15, -0.1) is 0 Å². The highest BCUT2D eigenvalue weighted by molar-refractivity contribution is 5.59. The molecule has 5 nitrogen and oxygen atoms in total. The van der Waals surface area contributed by atoms with E-state index in [9.17, 15) is 0 Å². The number of aromatic nitrogens is 2. The van der Waals surface area contributed by atoms with Gasteiger partial charge >= 0.3 is 0 Å². The minimum absolute atomic E-state index is 0.599. The molecule has 1 aromatic heterocycles. The Balaban J connectivity index is 2.14. The van der Waals surface area contributed by atoms with Crippen LogP contribution in [-0.4, -0.2) is 23.6 Å². The Morgan fingerprint density at radius 3 is 2.71 bits per heavy atom. The summed E-state index contributed by atoms with van der Waals surface area (Å²) in [6, 6.07) is 10.0. The summed E-state index contributed by atoms with van der Waals surface area (Å²) in [4.78, 5) is 8.80. The van der Waals surface area contributed by atoms with Crippen LogP contribution in [0.2, 0.25) is 0 Å². The van der Waals surface area contributed by atoms with E-state index >= 15 is 0 Å². The molecule has 0 aliphatic carbocycles. The van der Waals surface area contributed by atoms with Crippen LogP contribution in [0.1, 0.15) is 24.7 Å². The van der Waals surface area contributed by atoms with Gasteiger partial charge in [0.2, 0.25) is 0 Å². The maximum absolute atomic E-state index is 5.15. The first-order valence-corrected chi connectivity index (χ1v) is 7.15. The largest absolute Gasteiger partial charge is 0.380 e. The maximum atomic E-state index is 5.15. The van der Waals surface area contributed by atoms with Crippen molar-refractivity contribution < 1.29 is 4.74 Å². The Labute approximate surface area is 125 Å². The van der Waals surface area contributed by atoms with Crippen LogP contribution < -0.4 is 10.6 Å². The first-order valence-electron chi connectivity index (χ1n) is 7.15. The molecular formula is C16H22N4O. The van der Waals surface area contributed by atoms with Gasteiger partial charge in [-0.1, -0.05) is 19.1 Å². The fourth-order valence-electron chi connectivity index (χ4n) is 2.03. The van der Waals surface area contributed by atoms with Gasteiger partial charge in [0.15, 0.2) is 0 Å². The Kier molecular flexibility index (Phi) is 5.51. The van der Waals surface area contributed by atoms with E-state index in [4.69, 9.17) is 4.74 Å². The number of aryl methyl sites for hydroxylation is 1. The zero-order valence-corrected chi connectivity index (χ0v) is 12.8. The minimum Gasteiger partial charge on any atom is -0.380 e. The SMILES string of the molecule is CCCNc1cc(Nc2cccc(COC)c2)nc(C)n1. The van der Waals surface area contributed by atoms with E-state index < -0.39 is 0 Å². The highest BCUT2D eigenvalue weighted by Crippen LogP contribution is 2.19. The molecule has 1 heterocycles. The highest BCUT2D eigenvalue weighted by atomic mass is 16.5. The van der Waals surface area contributed by atoms with Gasteiger partial charge in [-0.05, 0) is 31.0 Å². The van der Waals surface area contributed by atoms with Gasteiger partial charge in [-0.2, -0.15) is 0 Å². The quantitative estimate of drug-likeness (QED) is 0.816. The van der Waals surface area contributed by atoms with Gasteiger partial charge in [-0.25, -0.2) is 9.97 Å². The molecule has 0 fully saturated rings. The first kappa shape index (κ1) is 15.3. The van der Waals surface area contributed by atoms with E-state index in [1.54, 1.807) is 7.11 Å². The van der Waals surface area contributed by atoms with Crippen molar-refractivity contribution in [3.63, 3.8) is 0 Å². The molecule has 0 aliphatic heterocycles. The van der Waals surface area contributed by atoms with E-state index in [-0.39, 0.29) is 0 Å². The molecule has 0 bridgehead atoms. The van der Waals surface area contributed by atoms with Crippen molar-refractivity contribution in [3.8, 4) is 0 Å². The zero-order valence-electron chi connectivity index (χ0n) is 12.8. The van der Waals surface area contributed by atoms with Crippen molar-refractivity contribution >= 4 is 17.3 Å². The van der Waals surface area contributed by atoms with Gasteiger partial charge in [0.25, 0.3) is 0 Å². The van der Waals surface area contributed by atoms with Crippen LogP contribution >= 0.6 is 0 Å². The van der Waals surface area contributed by atoms with Crippen LogP contribution in [-0.2, 0) is 11.3 Å². The predicted octanol–water partition coefficient (Wildman–Crippen LogP) is 3.50. The summed E-state index contributed by atoms with van der Waals surface area (Å²) < 4.78 is 5.15. The molecule has 5 heteroatoms. The van der Waals surface area contributed by atoms with Crippen LogP contribution in [0, 0.1) is 6.92 Å². The number of ether oxygens (including phenoxy) is 1. The van der Waals surface area contributed by atoms with Crippen LogP contribution in [0.4, 0.5) is 17.3 Å². The van der Waals surface area contributed by atoms with Crippen LogP contribution in [0.15, 0.2) is 30.3 Å². The second kappa shape index (κ2) is 7.59. The second-order valence-corrected chi connectivity index (χ2v) is 4.87. The van der Waals surface area contributed by atoms with E-state index in [2.05, 4.69) is 33.6 Å². The number of hydrogen-bond acceptors (Lipinski definition) is 5. The van der Waals surface area contributed by atoms with Crippen molar-refractivity contribution in [3.05, 3.63) is 41.7 Å². The lowest BCUT2D eigenvalue weighted by Gasteiger charge is -2.10. The van der Waals surface area contributed by atoms with Gasteiger partial charge < -0.3 is 15.4 Å². The summed E-state index contributed by atoms with van der Waals surface area (Å²) in [7, 11) is 1.69. The normalized spacial score (nSPS) is 10.4. The summed E-state index contributed by atoms with van der Waals surface area (Å²) in [5.41, 5.74) is 2.11. The van der Waals surface area contributed by atoms with Gasteiger partial charge in [0.1, 0.15) is 17.5 Å². The number of nitrogens with zero attached hydrogens (tertiary/aromatic N) is 2. The standard InChI is InChI=1S/C16H22N4O/c1-4-8-17-15-10-16(19-12(2)18-15)20-14-7-5-6-13(9-14)11-21-3/h5-7,9-10H,4,8,11H2,1-3H3,(H2,17,18,19,20). The second-order valence-electron chi connectivity index (χ2n) is 4.87. The number of rotatable bonds is 7. The highest BCUT2D eigenvalue weighted by Gasteiger charge is 2.03. The van der Waals surface area contributed by atoms with Crippen molar-refractivity contribution in [1.82, 2.24) is 9.97 Å². The third kappa shape index (κ3) is 4.72. The lowest BCUT2D eigenvalue weighted by molar-refractivity contribution is 0.185. The molecule has 0 atom stereocenters. The molecule has 0 radical (unpaired) electrons. The van der Waals surface area contributed by atoms with Crippen molar-refractivity contribution in [2.24, 2.45) is 0 Å². The van der Waals surface area contributed by atoms with Gasteiger partial charge in [0.05, 0.1) is 6.61 Å². The first-order chi connectivity index (χ1) is 10.2. The molecule has 1 aromatic carbocycles. The summed E-state index contributed by atoms with van der Waals surface area (Å²) in [5.74, 6) is 2.38. The van der Waals surface area contributed by atoms with Gasteiger partial charge in [-0.3, -0.25) is 0 Å². The van der Waals surface area contributed by atoms with Crippen LogP contribution in [0.5, 0.6) is 0 Å². The molecule has 0 unspecified atom stereocenters. The topological polar surface area (TPSA) is 59.1 Å². The van der Waals surface area contributed by atoms with E-state index in [0.29, 0.717) is 6.61 Å².